The van der Waals surface area contributed by atoms with Crippen molar-refractivity contribution >= 4 is 11.8 Å². The molecular weight excluding hydrogens is 388 g/mol. The van der Waals surface area contributed by atoms with Crippen LogP contribution in [0.1, 0.15) is 41.8 Å². The molecule has 1 aliphatic carbocycles. The van der Waals surface area contributed by atoms with E-state index in [0.29, 0.717) is 54.2 Å². The third kappa shape index (κ3) is 3.38. The molecule has 3 atom stereocenters. The molecule has 158 valence electrons. The summed E-state index contributed by atoms with van der Waals surface area (Å²) in [4.78, 5) is 31.7. The molecule has 3 aliphatic rings. The summed E-state index contributed by atoms with van der Waals surface area (Å²) in [5, 5.41) is 6.74. The van der Waals surface area contributed by atoms with Crippen LogP contribution < -0.4 is 14.8 Å². The fraction of sp³-hybridized carbons (Fsp3) is 0.524. The first kappa shape index (κ1) is 18.9. The summed E-state index contributed by atoms with van der Waals surface area (Å²) in [5.74, 6) is 2.86. The van der Waals surface area contributed by atoms with Crippen LogP contribution >= 0.6 is 0 Å². The second kappa shape index (κ2) is 7.62. The maximum absolute atomic E-state index is 13.0. The molecule has 1 saturated heterocycles. The van der Waals surface area contributed by atoms with Crippen molar-refractivity contribution in [1.29, 1.82) is 0 Å². The fourth-order valence-corrected chi connectivity index (χ4v) is 4.58. The van der Waals surface area contributed by atoms with Gasteiger partial charge in [-0.05, 0) is 42.9 Å². The Labute approximate surface area is 173 Å². The molecule has 2 aliphatic heterocycles. The number of fused-ring (bicyclic) bond motifs is 2. The largest absolute Gasteiger partial charge is 0.454 e. The van der Waals surface area contributed by atoms with Crippen molar-refractivity contribution in [2.45, 2.75) is 32.7 Å². The Kier molecular flexibility index (Phi) is 4.80. The topological polar surface area (TPSA) is 107 Å². The van der Waals surface area contributed by atoms with Gasteiger partial charge in [0.05, 0.1) is 6.54 Å². The van der Waals surface area contributed by atoms with Gasteiger partial charge in [0.25, 0.3) is 5.91 Å². The SMILES string of the molecule is CCc1noc(CNC(=O)[C@@H]2C[C@H]3CCN(C(=O)c4ccc5c(c4)OCO5)C[C@H]32)n1. The molecule has 2 fully saturated rings. The predicted molar refractivity (Wildman–Crippen MR) is 104 cm³/mol. The average molecular weight is 412 g/mol. The predicted octanol–water partition coefficient (Wildman–Crippen LogP) is 1.78. The highest BCUT2D eigenvalue weighted by atomic mass is 16.7. The van der Waals surface area contributed by atoms with Gasteiger partial charge >= 0.3 is 0 Å². The zero-order valence-electron chi connectivity index (χ0n) is 16.8. The third-order valence-electron chi connectivity index (χ3n) is 6.36. The number of nitrogens with zero attached hydrogens (tertiary/aromatic N) is 3. The van der Waals surface area contributed by atoms with E-state index in [4.69, 9.17) is 14.0 Å². The second-order valence-electron chi connectivity index (χ2n) is 8.05. The summed E-state index contributed by atoms with van der Waals surface area (Å²) in [7, 11) is 0. The standard InChI is InChI=1S/C21H24N4O5/c1-2-18-23-19(30-24-18)9-22-20(26)14-7-12-5-6-25(10-15(12)14)21(27)13-3-4-16-17(8-13)29-11-28-16/h3-4,8,12,14-15H,2,5-7,9-11H2,1H3,(H,22,26)/t12-,14-,15-/m1/s1. The normalized spacial score (nSPS) is 24.2. The molecular formula is C21H24N4O5. The van der Waals surface area contributed by atoms with E-state index in [2.05, 4.69) is 15.5 Å². The molecule has 1 saturated carbocycles. The number of carbonyl (C=O) groups excluding carboxylic acids is 2. The van der Waals surface area contributed by atoms with Crippen LogP contribution in [0, 0.1) is 17.8 Å². The van der Waals surface area contributed by atoms with Crippen LogP contribution in [0.2, 0.25) is 0 Å². The Balaban J connectivity index is 1.19. The third-order valence-corrected chi connectivity index (χ3v) is 6.36. The molecule has 30 heavy (non-hydrogen) atoms. The van der Waals surface area contributed by atoms with Crippen molar-refractivity contribution in [3.63, 3.8) is 0 Å². The summed E-state index contributed by atoms with van der Waals surface area (Å²) >= 11 is 0. The number of amides is 2. The van der Waals surface area contributed by atoms with Crippen LogP contribution in [0.15, 0.2) is 22.7 Å². The summed E-state index contributed by atoms with van der Waals surface area (Å²) in [6.07, 6.45) is 2.48. The summed E-state index contributed by atoms with van der Waals surface area (Å²) in [6, 6.07) is 5.27. The molecule has 5 rings (SSSR count). The van der Waals surface area contributed by atoms with Gasteiger partial charge in [-0.1, -0.05) is 12.1 Å². The van der Waals surface area contributed by atoms with E-state index in [9.17, 15) is 9.59 Å². The highest BCUT2D eigenvalue weighted by Gasteiger charge is 2.48. The van der Waals surface area contributed by atoms with Gasteiger partial charge in [-0.2, -0.15) is 4.98 Å². The number of nitrogens with one attached hydrogen (secondary N) is 1. The monoisotopic (exact) mass is 412 g/mol. The molecule has 1 aromatic carbocycles. The van der Waals surface area contributed by atoms with Crippen molar-refractivity contribution < 1.29 is 23.6 Å². The molecule has 1 aromatic heterocycles. The minimum atomic E-state index is -0.0871. The number of piperidine rings is 1. The highest BCUT2D eigenvalue weighted by molar-refractivity contribution is 5.95. The fourth-order valence-electron chi connectivity index (χ4n) is 4.58. The number of aryl methyl sites for hydroxylation is 1. The Hall–Kier alpha value is -3.10. The number of hydrogen-bond acceptors (Lipinski definition) is 7. The number of hydrogen-bond donors (Lipinski definition) is 1. The zero-order chi connectivity index (χ0) is 20.7. The number of rotatable bonds is 5. The van der Waals surface area contributed by atoms with Crippen LogP contribution in [0.25, 0.3) is 0 Å². The van der Waals surface area contributed by atoms with E-state index in [1.807, 2.05) is 11.8 Å². The lowest BCUT2D eigenvalue weighted by Gasteiger charge is -2.50. The van der Waals surface area contributed by atoms with Crippen molar-refractivity contribution in [3.8, 4) is 11.5 Å². The Morgan fingerprint density at radius 1 is 1.27 bits per heavy atom. The van der Waals surface area contributed by atoms with Gasteiger partial charge < -0.3 is 24.2 Å². The van der Waals surface area contributed by atoms with Crippen LogP contribution in [0.5, 0.6) is 11.5 Å². The molecule has 0 bridgehead atoms. The Morgan fingerprint density at radius 2 is 2.13 bits per heavy atom. The van der Waals surface area contributed by atoms with Crippen molar-refractivity contribution in [1.82, 2.24) is 20.4 Å². The smallest absolute Gasteiger partial charge is 0.254 e. The lowest BCUT2D eigenvalue weighted by Crippen LogP contribution is -2.56. The van der Waals surface area contributed by atoms with E-state index < -0.39 is 0 Å². The summed E-state index contributed by atoms with van der Waals surface area (Å²) in [6.45, 7) is 3.67. The molecule has 0 spiro atoms. The van der Waals surface area contributed by atoms with Crippen LogP contribution in [0.3, 0.4) is 0 Å². The van der Waals surface area contributed by atoms with Gasteiger partial charge in [0.2, 0.25) is 18.6 Å². The Morgan fingerprint density at radius 3 is 2.97 bits per heavy atom. The van der Waals surface area contributed by atoms with Crippen molar-refractivity contribution in [2.75, 3.05) is 19.9 Å². The van der Waals surface area contributed by atoms with Gasteiger partial charge in [-0.25, -0.2) is 0 Å². The average Bonchev–Trinajstić information content (AvgIpc) is 3.41. The molecule has 0 radical (unpaired) electrons. The van der Waals surface area contributed by atoms with Crippen molar-refractivity contribution in [3.05, 3.63) is 35.5 Å². The first-order valence-corrected chi connectivity index (χ1v) is 10.4. The van der Waals surface area contributed by atoms with Gasteiger partial charge in [-0.15, -0.1) is 0 Å². The van der Waals surface area contributed by atoms with Gasteiger partial charge in [0.1, 0.15) is 0 Å². The van der Waals surface area contributed by atoms with Crippen LogP contribution in [-0.2, 0) is 17.8 Å². The molecule has 2 aromatic rings. The Bertz CT molecular complexity index is 974. The second-order valence-corrected chi connectivity index (χ2v) is 8.05. The maximum Gasteiger partial charge on any atom is 0.254 e. The van der Waals surface area contributed by atoms with E-state index in [1.54, 1.807) is 18.2 Å². The first-order chi connectivity index (χ1) is 14.6. The number of likely N-dealkylation sites (tertiary alicyclic amines) is 1. The van der Waals surface area contributed by atoms with Gasteiger partial charge in [0, 0.05) is 31.0 Å². The highest BCUT2D eigenvalue weighted by Crippen LogP contribution is 2.46. The minimum absolute atomic E-state index is 0.00937. The van der Waals surface area contributed by atoms with Gasteiger partial charge in [0.15, 0.2) is 17.3 Å². The number of ether oxygens (including phenoxy) is 2. The quantitative estimate of drug-likeness (QED) is 0.798. The van der Waals surface area contributed by atoms with Crippen molar-refractivity contribution in [2.24, 2.45) is 17.8 Å². The lowest BCUT2D eigenvalue weighted by atomic mass is 9.61. The van der Waals surface area contributed by atoms with E-state index in [1.165, 1.54) is 0 Å². The number of aromatic nitrogens is 2. The van der Waals surface area contributed by atoms with Crippen LogP contribution in [-0.4, -0.2) is 46.7 Å². The summed E-state index contributed by atoms with van der Waals surface area (Å²) < 4.78 is 15.8. The maximum atomic E-state index is 13.0. The summed E-state index contributed by atoms with van der Waals surface area (Å²) in [5.41, 5.74) is 0.584. The molecule has 9 nitrogen and oxygen atoms in total. The molecule has 9 heteroatoms. The first-order valence-electron chi connectivity index (χ1n) is 10.4. The zero-order valence-corrected chi connectivity index (χ0v) is 16.8. The molecule has 1 N–H and O–H groups in total. The van der Waals surface area contributed by atoms with Crippen LogP contribution in [0.4, 0.5) is 0 Å². The van der Waals surface area contributed by atoms with E-state index in [-0.39, 0.29) is 37.0 Å². The van der Waals surface area contributed by atoms with Gasteiger partial charge in [-0.3, -0.25) is 9.59 Å². The lowest BCUT2D eigenvalue weighted by molar-refractivity contribution is -0.136. The number of carbonyl (C=O) groups is 2. The van der Waals surface area contributed by atoms with E-state index in [0.717, 1.165) is 12.8 Å². The molecule has 2 amide bonds. The van der Waals surface area contributed by atoms with E-state index >= 15 is 0 Å². The molecule has 3 heterocycles. The minimum Gasteiger partial charge on any atom is -0.454 e. The number of benzene rings is 1. The molecule has 0 unspecified atom stereocenters.